The maximum atomic E-state index is 12.1. The molecule has 1 aliphatic carbocycles. The second kappa shape index (κ2) is 5.74. The maximum absolute atomic E-state index is 12.1. The summed E-state index contributed by atoms with van der Waals surface area (Å²) in [6, 6.07) is 9.46. The van der Waals surface area contributed by atoms with Crippen LogP contribution in [-0.2, 0) is 0 Å². The SMILES string of the molecule is O=C(NC1CC2CCCCC2CN1)c1ccccc1. The predicted octanol–water partition coefficient (Wildman–Crippen LogP) is 2.54. The van der Waals surface area contributed by atoms with Crippen LogP contribution in [0.4, 0.5) is 0 Å². The van der Waals surface area contributed by atoms with Gasteiger partial charge >= 0.3 is 0 Å². The van der Waals surface area contributed by atoms with Crippen LogP contribution in [0, 0.1) is 11.8 Å². The van der Waals surface area contributed by atoms with Crippen molar-refractivity contribution in [1.82, 2.24) is 10.6 Å². The molecule has 3 unspecified atom stereocenters. The van der Waals surface area contributed by atoms with Crippen LogP contribution in [0.5, 0.6) is 0 Å². The minimum absolute atomic E-state index is 0.0346. The van der Waals surface area contributed by atoms with E-state index < -0.39 is 0 Å². The molecule has 0 radical (unpaired) electrons. The molecule has 3 heteroatoms. The zero-order valence-corrected chi connectivity index (χ0v) is 11.3. The van der Waals surface area contributed by atoms with E-state index in [0.29, 0.717) is 0 Å². The van der Waals surface area contributed by atoms with Gasteiger partial charge in [-0.05, 0) is 36.8 Å². The van der Waals surface area contributed by atoms with Crippen LogP contribution >= 0.6 is 0 Å². The van der Waals surface area contributed by atoms with E-state index in [4.69, 9.17) is 0 Å². The van der Waals surface area contributed by atoms with Crippen molar-refractivity contribution in [2.45, 2.75) is 38.3 Å². The van der Waals surface area contributed by atoms with E-state index >= 15 is 0 Å². The van der Waals surface area contributed by atoms with Gasteiger partial charge in [0.05, 0.1) is 6.17 Å². The summed E-state index contributed by atoms with van der Waals surface area (Å²) >= 11 is 0. The summed E-state index contributed by atoms with van der Waals surface area (Å²) in [6.45, 7) is 1.06. The van der Waals surface area contributed by atoms with Gasteiger partial charge in [0.1, 0.15) is 0 Å². The van der Waals surface area contributed by atoms with Crippen LogP contribution < -0.4 is 10.6 Å². The molecular formula is C16H22N2O. The molecule has 1 amide bonds. The van der Waals surface area contributed by atoms with Gasteiger partial charge in [-0.25, -0.2) is 0 Å². The van der Waals surface area contributed by atoms with E-state index in [1.54, 1.807) is 0 Å². The largest absolute Gasteiger partial charge is 0.337 e. The third kappa shape index (κ3) is 2.98. The topological polar surface area (TPSA) is 41.1 Å². The van der Waals surface area contributed by atoms with Crippen LogP contribution in [0.25, 0.3) is 0 Å². The highest BCUT2D eigenvalue weighted by atomic mass is 16.1. The highest BCUT2D eigenvalue weighted by molar-refractivity contribution is 5.94. The Bertz CT molecular complexity index is 432. The third-order valence-corrected chi connectivity index (χ3v) is 4.57. The summed E-state index contributed by atoms with van der Waals surface area (Å²) in [5.74, 6) is 1.67. The zero-order valence-electron chi connectivity index (χ0n) is 11.3. The highest BCUT2D eigenvalue weighted by Crippen LogP contribution is 2.34. The van der Waals surface area contributed by atoms with Crippen molar-refractivity contribution < 1.29 is 4.79 Å². The van der Waals surface area contributed by atoms with Crippen molar-refractivity contribution in [3.8, 4) is 0 Å². The minimum atomic E-state index is 0.0346. The van der Waals surface area contributed by atoms with E-state index in [0.717, 1.165) is 30.4 Å². The summed E-state index contributed by atoms with van der Waals surface area (Å²) in [7, 11) is 0. The molecule has 1 aromatic carbocycles. The standard InChI is InChI=1S/C16H22N2O/c19-16(12-6-2-1-3-7-12)18-15-10-13-8-4-5-9-14(13)11-17-15/h1-3,6-7,13-15,17H,4-5,8-11H2,(H,18,19). The van der Waals surface area contributed by atoms with Gasteiger partial charge in [0.15, 0.2) is 0 Å². The van der Waals surface area contributed by atoms with E-state index in [9.17, 15) is 4.79 Å². The van der Waals surface area contributed by atoms with Crippen molar-refractivity contribution in [1.29, 1.82) is 0 Å². The van der Waals surface area contributed by atoms with Gasteiger partial charge in [-0.3, -0.25) is 10.1 Å². The van der Waals surface area contributed by atoms with Crippen molar-refractivity contribution in [3.05, 3.63) is 35.9 Å². The average molecular weight is 258 g/mol. The lowest BCUT2D eigenvalue weighted by Crippen LogP contribution is -2.53. The maximum Gasteiger partial charge on any atom is 0.252 e. The first-order valence-corrected chi connectivity index (χ1v) is 7.42. The van der Waals surface area contributed by atoms with E-state index in [1.165, 1.54) is 25.7 Å². The monoisotopic (exact) mass is 258 g/mol. The fraction of sp³-hybridized carbons (Fsp3) is 0.562. The predicted molar refractivity (Wildman–Crippen MR) is 75.8 cm³/mol. The van der Waals surface area contributed by atoms with Crippen molar-refractivity contribution in [2.24, 2.45) is 11.8 Å². The Labute approximate surface area is 114 Å². The summed E-state index contributed by atoms with van der Waals surface area (Å²) in [4.78, 5) is 12.1. The highest BCUT2D eigenvalue weighted by Gasteiger charge is 2.32. The molecule has 0 bridgehead atoms. The Balaban J connectivity index is 1.57. The van der Waals surface area contributed by atoms with Crippen LogP contribution in [0.2, 0.25) is 0 Å². The van der Waals surface area contributed by atoms with Gasteiger partial charge in [0.25, 0.3) is 5.91 Å². The van der Waals surface area contributed by atoms with Gasteiger partial charge in [0.2, 0.25) is 0 Å². The van der Waals surface area contributed by atoms with Gasteiger partial charge in [-0.2, -0.15) is 0 Å². The smallest absolute Gasteiger partial charge is 0.252 e. The molecule has 3 atom stereocenters. The first-order valence-electron chi connectivity index (χ1n) is 7.42. The van der Waals surface area contributed by atoms with Gasteiger partial charge in [0, 0.05) is 12.1 Å². The Morgan fingerprint density at radius 2 is 1.84 bits per heavy atom. The number of piperidine rings is 1. The Kier molecular flexibility index (Phi) is 3.83. The first-order chi connectivity index (χ1) is 9.33. The summed E-state index contributed by atoms with van der Waals surface area (Å²) in [5, 5.41) is 6.61. The third-order valence-electron chi connectivity index (χ3n) is 4.57. The average Bonchev–Trinajstić information content (AvgIpc) is 2.48. The van der Waals surface area contributed by atoms with Gasteiger partial charge in [-0.1, -0.05) is 37.5 Å². The molecule has 0 spiro atoms. The fourth-order valence-corrected chi connectivity index (χ4v) is 3.48. The Morgan fingerprint density at radius 3 is 2.63 bits per heavy atom. The number of nitrogens with one attached hydrogen (secondary N) is 2. The molecule has 2 aliphatic rings. The van der Waals surface area contributed by atoms with Crippen molar-refractivity contribution >= 4 is 5.91 Å². The van der Waals surface area contributed by atoms with E-state index in [2.05, 4.69) is 10.6 Å². The minimum Gasteiger partial charge on any atom is -0.337 e. The molecule has 3 nitrogen and oxygen atoms in total. The van der Waals surface area contributed by atoms with Crippen LogP contribution in [0.1, 0.15) is 42.5 Å². The summed E-state index contributed by atoms with van der Waals surface area (Å²) in [5.41, 5.74) is 0.745. The van der Waals surface area contributed by atoms with E-state index in [-0.39, 0.29) is 12.1 Å². The Morgan fingerprint density at radius 1 is 1.11 bits per heavy atom. The first kappa shape index (κ1) is 12.7. The molecule has 2 N–H and O–H groups in total. The molecule has 0 aromatic heterocycles. The quantitative estimate of drug-likeness (QED) is 0.856. The second-order valence-electron chi connectivity index (χ2n) is 5.84. The molecule has 1 saturated heterocycles. The van der Waals surface area contributed by atoms with Crippen molar-refractivity contribution in [2.75, 3.05) is 6.54 Å². The fourth-order valence-electron chi connectivity index (χ4n) is 3.48. The molecule has 102 valence electrons. The lowest BCUT2D eigenvalue weighted by atomic mass is 9.75. The van der Waals surface area contributed by atoms with Crippen LogP contribution in [-0.4, -0.2) is 18.6 Å². The second-order valence-corrected chi connectivity index (χ2v) is 5.84. The molecule has 1 saturated carbocycles. The number of carbonyl (C=O) groups excluding carboxylic acids is 1. The van der Waals surface area contributed by atoms with Gasteiger partial charge in [-0.15, -0.1) is 0 Å². The molecule has 1 heterocycles. The molecular weight excluding hydrogens is 236 g/mol. The lowest BCUT2D eigenvalue weighted by molar-refractivity contribution is 0.0865. The molecule has 3 rings (SSSR count). The normalized spacial score (nSPS) is 30.4. The number of hydrogen-bond donors (Lipinski definition) is 2. The van der Waals surface area contributed by atoms with Crippen LogP contribution in [0.3, 0.4) is 0 Å². The number of hydrogen-bond acceptors (Lipinski definition) is 2. The Hall–Kier alpha value is -1.35. The summed E-state index contributed by atoms with van der Waals surface area (Å²) < 4.78 is 0. The zero-order chi connectivity index (χ0) is 13.1. The van der Waals surface area contributed by atoms with E-state index in [1.807, 2.05) is 30.3 Å². The van der Waals surface area contributed by atoms with Crippen molar-refractivity contribution in [3.63, 3.8) is 0 Å². The number of benzene rings is 1. The molecule has 1 aliphatic heterocycles. The number of rotatable bonds is 2. The molecule has 19 heavy (non-hydrogen) atoms. The van der Waals surface area contributed by atoms with Crippen LogP contribution in [0.15, 0.2) is 30.3 Å². The molecule has 2 fully saturated rings. The van der Waals surface area contributed by atoms with Gasteiger partial charge < -0.3 is 5.32 Å². The lowest BCUT2D eigenvalue weighted by Gasteiger charge is -2.40. The molecule has 1 aromatic rings. The number of amides is 1. The number of fused-ring (bicyclic) bond motifs is 1. The summed E-state index contributed by atoms with van der Waals surface area (Å²) in [6.07, 6.45) is 6.67. The number of carbonyl (C=O) groups is 1.